The molecule has 4 nitrogen and oxygen atoms in total. The number of carbonyl (C=O) groups excluding carboxylic acids is 1. The predicted molar refractivity (Wildman–Crippen MR) is 62.8 cm³/mol. The number of likely N-dealkylation sites (tertiary alicyclic amines) is 1. The molecule has 1 fully saturated rings. The van der Waals surface area contributed by atoms with Gasteiger partial charge in [-0.25, -0.2) is 4.39 Å². The second kappa shape index (κ2) is 4.76. The Labute approximate surface area is 104 Å². The highest BCUT2D eigenvalue weighted by molar-refractivity contribution is 5.95. The van der Waals surface area contributed by atoms with Gasteiger partial charge in [0.2, 0.25) is 0 Å². The Morgan fingerprint density at radius 2 is 2.11 bits per heavy atom. The number of hydrogen-bond acceptors (Lipinski definition) is 2. The molecular weight excluding hydrogens is 237 g/mol. The van der Waals surface area contributed by atoms with Gasteiger partial charge >= 0.3 is 5.97 Å². The van der Waals surface area contributed by atoms with E-state index in [9.17, 15) is 14.0 Å². The van der Waals surface area contributed by atoms with Gasteiger partial charge in [0.15, 0.2) is 0 Å². The number of carbonyl (C=O) groups is 2. The topological polar surface area (TPSA) is 57.6 Å². The molecule has 0 aromatic heterocycles. The van der Waals surface area contributed by atoms with Crippen molar-refractivity contribution in [3.05, 3.63) is 35.1 Å². The van der Waals surface area contributed by atoms with Crippen LogP contribution in [0.2, 0.25) is 0 Å². The minimum absolute atomic E-state index is 0.0145. The molecule has 1 N–H and O–H groups in total. The highest BCUT2D eigenvalue weighted by Gasteiger charge is 2.33. The minimum Gasteiger partial charge on any atom is -0.481 e. The molecule has 1 aromatic carbocycles. The van der Waals surface area contributed by atoms with Crippen LogP contribution in [-0.4, -0.2) is 35.0 Å². The Morgan fingerprint density at radius 3 is 2.72 bits per heavy atom. The molecular formula is C13H14FNO3. The number of rotatable bonds is 3. The number of carboxylic acids is 1. The lowest BCUT2D eigenvalue weighted by Gasteiger charge is -2.38. The number of hydrogen-bond donors (Lipinski definition) is 1. The molecule has 1 amide bonds. The maximum absolute atomic E-state index is 13.5. The first-order chi connectivity index (χ1) is 8.47. The van der Waals surface area contributed by atoms with Crippen LogP contribution in [0.3, 0.4) is 0 Å². The largest absolute Gasteiger partial charge is 0.481 e. The third kappa shape index (κ3) is 2.50. The first-order valence-electron chi connectivity index (χ1n) is 5.74. The fourth-order valence-corrected chi connectivity index (χ4v) is 2.09. The van der Waals surface area contributed by atoms with Gasteiger partial charge in [0.05, 0.1) is 12.0 Å². The second-order valence-corrected chi connectivity index (χ2v) is 4.66. The van der Waals surface area contributed by atoms with Crippen molar-refractivity contribution >= 4 is 11.9 Å². The molecule has 0 spiro atoms. The quantitative estimate of drug-likeness (QED) is 0.889. The zero-order valence-electron chi connectivity index (χ0n) is 10.0. The smallest absolute Gasteiger partial charge is 0.303 e. The van der Waals surface area contributed by atoms with Gasteiger partial charge < -0.3 is 10.0 Å². The highest BCUT2D eigenvalue weighted by Crippen LogP contribution is 2.22. The summed E-state index contributed by atoms with van der Waals surface area (Å²) < 4.78 is 13.5. The maximum Gasteiger partial charge on any atom is 0.303 e. The average Bonchev–Trinajstić information content (AvgIpc) is 2.25. The van der Waals surface area contributed by atoms with Crippen LogP contribution in [0.25, 0.3) is 0 Å². The molecule has 0 unspecified atom stereocenters. The van der Waals surface area contributed by atoms with E-state index < -0.39 is 11.8 Å². The maximum atomic E-state index is 13.5. The van der Waals surface area contributed by atoms with Gasteiger partial charge in [-0.15, -0.1) is 0 Å². The van der Waals surface area contributed by atoms with Crippen molar-refractivity contribution in [3.63, 3.8) is 0 Å². The zero-order valence-corrected chi connectivity index (χ0v) is 10.0. The standard InChI is InChI=1S/C13H14FNO3/c1-8-2-3-11(14)10(4-8)13(18)15-6-9(7-15)5-12(16)17/h2-4,9H,5-7H2,1H3,(H,16,17). The van der Waals surface area contributed by atoms with Crippen molar-refractivity contribution in [3.8, 4) is 0 Å². The van der Waals surface area contributed by atoms with E-state index in [1.54, 1.807) is 13.0 Å². The van der Waals surface area contributed by atoms with E-state index in [-0.39, 0.29) is 23.8 Å². The average molecular weight is 251 g/mol. The summed E-state index contributed by atoms with van der Waals surface area (Å²) in [5, 5.41) is 8.61. The molecule has 18 heavy (non-hydrogen) atoms. The van der Waals surface area contributed by atoms with Crippen LogP contribution in [0.4, 0.5) is 4.39 Å². The van der Waals surface area contributed by atoms with E-state index >= 15 is 0 Å². The lowest BCUT2D eigenvalue weighted by molar-refractivity contribution is -0.139. The first-order valence-corrected chi connectivity index (χ1v) is 5.74. The Balaban J connectivity index is 2.01. The second-order valence-electron chi connectivity index (χ2n) is 4.66. The molecule has 0 radical (unpaired) electrons. The van der Waals surface area contributed by atoms with E-state index in [0.717, 1.165) is 5.56 Å². The van der Waals surface area contributed by atoms with Crippen LogP contribution in [0.15, 0.2) is 18.2 Å². The molecule has 1 heterocycles. The van der Waals surface area contributed by atoms with Crippen LogP contribution in [-0.2, 0) is 4.79 Å². The number of aryl methyl sites for hydroxylation is 1. The van der Waals surface area contributed by atoms with Gasteiger partial charge in [-0.05, 0) is 19.1 Å². The summed E-state index contributed by atoms with van der Waals surface area (Å²) >= 11 is 0. The van der Waals surface area contributed by atoms with Crippen molar-refractivity contribution in [1.82, 2.24) is 4.90 Å². The Morgan fingerprint density at radius 1 is 1.44 bits per heavy atom. The number of halogens is 1. The number of amides is 1. The van der Waals surface area contributed by atoms with Crippen LogP contribution < -0.4 is 0 Å². The molecule has 96 valence electrons. The van der Waals surface area contributed by atoms with Gasteiger partial charge in [-0.2, -0.15) is 0 Å². The number of benzene rings is 1. The van der Waals surface area contributed by atoms with E-state index in [2.05, 4.69) is 0 Å². The molecule has 0 saturated carbocycles. The predicted octanol–water partition coefficient (Wildman–Crippen LogP) is 1.68. The van der Waals surface area contributed by atoms with Crippen LogP contribution >= 0.6 is 0 Å². The summed E-state index contributed by atoms with van der Waals surface area (Å²) in [7, 11) is 0. The number of carboxylic acid groups (broad SMARTS) is 1. The highest BCUT2D eigenvalue weighted by atomic mass is 19.1. The lowest BCUT2D eigenvalue weighted by atomic mass is 9.95. The van der Waals surface area contributed by atoms with E-state index in [1.165, 1.54) is 17.0 Å². The summed E-state index contributed by atoms with van der Waals surface area (Å²) in [5.74, 6) is -1.78. The molecule has 0 aliphatic carbocycles. The first kappa shape index (κ1) is 12.5. The fraction of sp³-hybridized carbons (Fsp3) is 0.385. The SMILES string of the molecule is Cc1ccc(F)c(C(=O)N2CC(CC(=O)O)C2)c1. The van der Waals surface area contributed by atoms with Gasteiger partial charge in [-0.1, -0.05) is 11.6 Å². The summed E-state index contributed by atoms with van der Waals surface area (Å²) in [6.45, 7) is 2.57. The normalized spacial score (nSPS) is 15.3. The molecule has 0 atom stereocenters. The minimum atomic E-state index is -0.867. The summed E-state index contributed by atoms with van der Waals surface area (Å²) in [6, 6.07) is 4.40. The monoisotopic (exact) mass is 251 g/mol. The Hall–Kier alpha value is -1.91. The van der Waals surface area contributed by atoms with Gasteiger partial charge in [0, 0.05) is 19.0 Å². The van der Waals surface area contributed by atoms with E-state index in [0.29, 0.717) is 13.1 Å². The number of aliphatic carboxylic acids is 1. The van der Waals surface area contributed by atoms with Gasteiger partial charge in [0.1, 0.15) is 5.82 Å². The van der Waals surface area contributed by atoms with E-state index in [4.69, 9.17) is 5.11 Å². The van der Waals surface area contributed by atoms with Crippen molar-refractivity contribution in [1.29, 1.82) is 0 Å². The molecule has 1 saturated heterocycles. The van der Waals surface area contributed by atoms with Crippen LogP contribution in [0.1, 0.15) is 22.3 Å². The summed E-state index contributed by atoms with van der Waals surface area (Å²) in [4.78, 5) is 23.9. The summed E-state index contributed by atoms with van der Waals surface area (Å²) in [6.07, 6.45) is 0.0556. The van der Waals surface area contributed by atoms with E-state index in [1.807, 2.05) is 0 Å². The summed E-state index contributed by atoms with van der Waals surface area (Å²) in [5.41, 5.74) is 0.881. The number of nitrogens with zero attached hydrogens (tertiary/aromatic N) is 1. The lowest BCUT2D eigenvalue weighted by Crippen LogP contribution is -2.50. The third-order valence-corrected chi connectivity index (χ3v) is 3.06. The van der Waals surface area contributed by atoms with Crippen molar-refractivity contribution in [2.75, 3.05) is 13.1 Å². The van der Waals surface area contributed by atoms with Gasteiger partial charge in [0.25, 0.3) is 5.91 Å². The zero-order chi connectivity index (χ0) is 13.3. The Bertz CT molecular complexity index is 495. The van der Waals surface area contributed by atoms with Crippen molar-refractivity contribution in [2.45, 2.75) is 13.3 Å². The molecule has 2 rings (SSSR count). The van der Waals surface area contributed by atoms with Gasteiger partial charge in [-0.3, -0.25) is 9.59 Å². The van der Waals surface area contributed by atoms with Crippen molar-refractivity contribution in [2.24, 2.45) is 5.92 Å². The van der Waals surface area contributed by atoms with Crippen LogP contribution in [0.5, 0.6) is 0 Å². The van der Waals surface area contributed by atoms with Crippen molar-refractivity contribution < 1.29 is 19.1 Å². The fourth-order valence-electron chi connectivity index (χ4n) is 2.09. The molecule has 1 aliphatic heterocycles. The molecule has 1 aliphatic rings. The molecule has 0 bridgehead atoms. The molecule has 5 heteroatoms. The molecule has 1 aromatic rings. The Kier molecular flexibility index (Phi) is 3.32. The van der Waals surface area contributed by atoms with Crippen LogP contribution in [0, 0.1) is 18.7 Å². The third-order valence-electron chi connectivity index (χ3n) is 3.06.